The van der Waals surface area contributed by atoms with E-state index in [1.807, 2.05) is 24.3 Å². The minimum atomic E-state index is -0.818. The molecule has 37 heavy (non-hydrogen) atoms. The molecule has 0 aliphatic carbocycles. The molecule has 1 fully saturated rings. The first kappa shape index (κ1) is 24.4. The van der Waals surface area contributed by atoms with Gasteiger partial charge >= 0.3 is 0 Å². The number of carbonyl (C=O) groups excluding carboxylic acids is 3. The van der Waals surface area contributed by atoms with E-state index in [-0.39, 0.29) is 42.2 Å². The summed E-state index contributed by atoms with van der Waals surface area (Å²) in [6.45, 7) is 0.518. The molecule has 8 heteroatoms. The third-order valence-electron chi connectivity index (χ3n) is 7.11. The van der Waals surface area contributed by atoms with Crippen molar-refractivity contribution < 1.29 is 24.6 Å². The van der Waals surface area contributed by atoms with Crippen LogP contribution in [0, 0.1) is 0 Å². The third kappa shape index (κ3) is 5.28. The summed E-state index contributed by atoms with van der Waals surface area (Å²) in [5.74, 6) is -0.441. The Morgan fingerprint density at radius 3 is 2.14 bits per heavy atom. The Morgan fingerprint density at radius 1 is 0.838 bits per heavy atom. The van der Waals surface area contributed by atoms with Crippen LogP contribution in [0.3, 0.4) is 0 Å². The molecule has 0 bridgehead atoms. The normalized spacial score (nSPS) is 18.8. The molecule has 2 atom stereocenters. The van der Waals surface area contributed by atoms with Crippen molar-refractivity contribution in [3.8, 4) is 11.5 Å². The summed E-state index contributed by atoms with van der Waals surface area (Å²) in [5, 5.41) is 21.9. The van der Waals surface area contributed by atoms with Gasteiger partial charge in [-0.2, -0.15) is 0 Å². The highest BCUT2D eigenvalue weighted by Crippen LogP contribution is 2.30. The lowest BCUT2D eigenvalue weighted by atomic mass is 9.88. The maximum Gasteiger partial charge on any atom is 0.246 e. The lowest BCUT2D eigenvalue weighted by Gasteiger charge is -2.47. The third-order valence-corrected chi connectivity index (χ3v) is 7.11. The van der Waals surface area contributed by atoms with E-state index in [1.165, 1.54) is 4.90 Å². The summed E-state index contributed by atoms with van der Waals surface area (Å²) in [6, 6.07) is 19.7. The van der Waals surface area contributed by atoms with Gasteiger partial charge in [-0.3, -0.25) is 14.4 Å². The summed E-state index contributed by atoms with van der Waals surface area (Å²) < 4.78 is 0. The second kappa shape index (κ2) is 10.3. The monoisotopic (exact) mass is 499 g/mol. The Kier molecular flexibility index (Phi) is 6.81. The van der Waals surface area contributed by atoms with Gasteiger partial charge in [-0.1, -0.05) is 48.5 Å². The fourth-order valence-corrected chi connectivity index (χ4v) is 5.11. The maximum absolute atomic E-state index is 13.7. The molecule has 0 saturated carbocycles. The summed E-state index contributed by atoms with van der Waals surface area (Å²) in [7, 11) is 0. The van der Waals surface area contributed by atoms with Gasteiger partial charge in [-0.05, 0) is 52.9 Å². The molecule has 0 spiro atoms. The number of piperazine rings is 1. The summed E-state index contributed by atoms with van der Waals surface area (Å²) in [5.41, 5.74) is 3.82. The Morgan fingerprint density at radius 2 is 1.46 bits per heavy atom. The van der Waals surface area contributed by atoms with E-state index in [9.17, 15) is 24.6 Å². The van der Waals surface area contributed by atoms with E-state index >= 15 is 0 Å². The number of amides is 3. The first-order valence-corrected chi connectivity index (χ1v) is 12.4. The smallest absolute Gasteiger partial charge is 0.246 e. The highest BCUT2D eigenvalue weighted by molar-refractivity contribution is 5.99. The lowest BCUT2D eigenvalue weighted by Crippen LogP contribution is -2.67. The molecular weight excluding hydrogens is 470 g/mol. The Labute approximate surface area is 215 Å². The number of carbonyl (C=O) groups is 3. The molecule has 3 N–H and O–H groups in total. The van der Waals surface area contributed by atoms with Gasteiger partial charge in [-0.15, -0.1) is 0 Å². The number of nitrogens with zero attached hydrogens (tertiary/aromatic N) is 2. The number of phenolic OH excluding ortho intramolecular Hbond substituents is 2. The van der Waals surface area contributed by atoms with Gasteiger partial charge in [0.05, 0.1) is 0 Å². The molecule has 0 radical (unpaired) electrons. The van der Waals surface area contributed by atoms with Crippen LogP contribution in [0.15, 0.2) is 72.8 Å². The molecule has 5 rings (SSSR count). The number of nitrogens with one attached hydrogen (secondary N) is 1. The Balaban J connectivity index is 1.34. The van der Waals surface area contributed by atoms with E-state index in [0.717, 1.165) is 22.3 Å². The maximum atomic E-state index is 13.7. The predicted molar refractivity (Wildman–Crippen MR) is 137 cm³/mol. The van der Waals surface area contributed by atoms with Crippen molar-refractivity contribution in [2.75, 3.05) is 13.1 Å². The molecule has 2 aliphatic heterocycles. The van der Waals surface area contributed by atoms with Crippen LogP contribution in [0.25, 0.3) is 0 Å². The van der Waals surface area contributed by atoms with Crippen molar-refractivity contribution in [3.05, 3.63) is 95.1 Å². The zero-order valence-corrected chi connectivity index (χ0v) is 20.3. The van der Waals surface area contributed by atoms with Crippen LogP contribution in [0.2, 0.25) is 0 Å². The van der Waals surface area contributed by atoms with E-state index in [1.54, 1.807) is 53.4 Å². The molecule has 3 aromatic rings. The molecule has 1 saturated heterocycles. The Bertz CT molecular complexity index is 1310. The summed E-state index contributed by atoms with van der Waals surface area (Å²) in [6.07, 6.45) is 1.24. The van der Waals surface area contributed by atoms with Crippen molar-refractivity contribution in [2.24, 2.45) is 0 Å². The van der Waals surface area contributed by atoms with Crippen molar-refractivity contribution >= 4 is 17.7 Å². The zero-order valence-electron chi connectivity index (χ0n) is 20.3. The number of benzene rings is 3. The first-order valence-electron chi connectivity index (χ1n) is 12.4. The van der Waals surface area contributed by atoms with Crippen molar-refractivity contribution in [1.29, 1.82) is 0 Å². The van der Waals surface area contributed by atoms with Crippen molar-refractivity contribution in [2.45, 2.75) is 37.9 Å². The van der Waals surface area contributed by atoms with Crippen LogP contribution in [0.1, 0.15) is 22.3 Å². The van der Waals surface area contributed by atoms with Gasteiger partial charge in [0.1, 0.15) is 30.1 Å². The van der Waals surface area contributed by atoms with Crippen LogP contribution in [-0.4, -0.2) is 62.9 Å². The molecule has 2 aliphatic rings. The quantitative estimate of drug-likeness (QED) is 0.462. The zero-order chi connectivity index (χ0) is 25.9. The van der Waals surface area contributed by atoms with Gasteiger partial charge in [0.15, 0.2) is 0 Å². The van der Waals surface area contributed by atoms with E-state index in [0.29, 0.717) is 25.9 Å². The average Bonchev–Trinajstić information content (AvgIpc) is 2.90. The van der Waals surface area contributed by atoms with E-state index in [4.69, 9.17) is 0 Å². The van der Waals surface area contributed by atoms with Gasteiger partial charge in [0.25, 0.3) is 0 Å². The molecule has 3 aromatic carbocycles. The van der Waals surface area contributed by atoms with Gasteiger partial charge in [0, 0.05) is 25.9 Å². The first-order chi connectivity index (χ1) is 17.9. The fourth-order valence-electron chi connectivity index (χ4n) is 5.11. The average molecular weight is 500 g/mol. The minimum absolute atomic E-state index is 0.118. The highest BCUT2D eigenvalue weighted by atomic mass is 16.3. The fraction of sp³-hybridized carbons (Fsp3) is 0.276. The largest absolute Gasteiger partial charge is 0.508 e. The van der Waals surface area contributed by atoms with Crippen LogP contribution >= 0.6 is 0 Å². The number of hydrogen-bond donors (Lipinski definition) is 3. The number of rotatable bonds is 7. The molecule has 8 nitrogen and oxygen atoms in total. The second-order valence-corrected chi connectivity index (χ2v) is 9.57. The van der Waals surface area contributed by atoms with E-state index in [2.05, 4.69) is 5.32 Å². The highest BCUT2D eigenvalue weighted by Gasteiger charge is 2.47. The van der Waals surface area contributed by atoms with E-state index < -0.39 is 12.1 Å². The molecule has 2 heterocycles. The minimum Gasteiger partial charge on any atom is -0.508 e. The van der Waals surface area contributed by atoms with Gasteiger partial charge < -0.3 is 25.3 Å². The van der Waals surface area contributed by atoms with Crippen LogP contribution in [0.4, 0.5) is 0 Å². The van der Waals surface area contributed by atoms with Crippen LogP contribution < -0.4 is 5.32 Å². The predicted octanol–water partition coefficient (Wildman–Crippen LogP) is 2.16. The summed E-state index contributed by atoms with van der Waals surface area (Å²) in [4.78, 5) is 43.4. The number of aromatic hydroxyl groups is 2. The second-order valence-electron chi connectivity index (χ2n) is 9.57. The number of hydrogen-bond acceptors (Lipinski definition) is 5. The van der Waals surface area contributed by atoms with Crippen LogP contribution in [-0.2, 0) is 40.2 Å². The topological polar surface area (TPSA) is 110 Å². The lowest BCUT2D eigenvalue weighted by molar-refractivity contribution is -0.164. The summed E-state index contributed by atoms with van der Waals surface area (Å²) >= 11 is 0. The van der Waals surface area contributed by atoms with Gasteiger partial charge in [-0.25, -0.2) is 0 Å². The SMILES string of the molecule is O=C(CN1C(=O)[C@@H]2Cc3ccccc3CN2C(=O)[C@@H]1Cc1ccc(O)cc1)NCCc1ccc(O)cc1. The molecule has 0 unspecified atom stereocenters. The number of phenols is 2. The number of fused-ring (bicyclic) bond motifs is 2. The molecule has 0 aromatic heterocycles. The van der Waals surface area contributed by atoms with Crippen molar-refractivity contribution in [1.82, 2.24) is 15.1 Å². The van der Waals surface area contributed by atoms with Gasteiger partial charge in [0.2, 0.25) is 17.7 Å². The molecule has 3 amide bonds. The Hall–Kier alpha value is -4.33. The van der Waals surface area contributed by atoms with Crippen LogP contribution in [0.5, 0.6) is 11.5 Å². The molecule has 190 valence electrons. The molecular formula is C29H29N3O5. The standard InChI is InChI=1S/C29H29N3O5/c33-23-9-5-19(6-10-23)13-14-30-27(35)18-32-25(15-20-7-11-24(34)12-8-20)28(36)31-17-22-4-2-1-3-21(22)16-26(31)29(32)37/h1-12,25-26,33-34H,13-18H2,(H,30,35)/t25-,26-/m0/s1. The van der Waals surface area contributed by atoms with Crippen molar-refractivity contribution in [3.63, 3.8) is 0 Å².